The van der Waals surface area contributed by atoms with Crippen LogP contribution in [0.1, 0.15) is 45.4 Å². The van der Waals surface area contributed by atoms with Crippen molar-refractivity contribution in [2.45, 2.75) is 56.4 Å². The summed E-state index contributed by atoms with van der Waals surface area (Å²) in [4.78, 5) is 0.210. The molecule has 0 radical (unpaired) electrons. The highest BCUT2D eigenvalue weighted by atomic mass is 32.2. The van der Waals surface area contributed by atoms with Gasteiger partial charge in [0.05, 0.1) is 5.69 Å². The molecule has 1 aromatic rings. The number of hydrogen-bond donors (Lipinski definition) is 3. The van der Waals surface area contributed by atoms with Gasteiger partial charge >= 0.3 is 0 Å². The van der Waals surface area contributed by atoms with Crippen molar-refractivity contribution in [2.24, 2.45) is 11.8 Å². The Morgan fingerprint density at radius 1 is 1.24 bits per heavy atom. The third-order valence-electron chi connectivity index (χ3n) is 4.30. The summed E-state index contributed by atoms with van der Waals surface area (Å²) in [7, 11) is -3.56. The second-order valence-corrected chi connectivity index (χ2v) is 7.36. The first kappa shape index (κ1) is 16.3. The van der Waals surface area contributed by atoms with Crippen LogP contribution in [0.2, 0.25) is 0 Å². The van der Waals surface area contributed by atoms with E-state index in [4.69, 9.17) is 5.84 Å². The largest absolute Gasteiger partial charge is 0.323 e. The van der Waals surface area contributed by atoms with Crippen LogP contribution in [0.4, 0.5) is 5.69 Å². The van der Waals surface area contributed by atoms with Gasteiger partial charge in [0.15, 0.2) is 0 Å². The Labute approximate surface area is 127 Å². The minimum Gasteiger partial charge on any atom is -0.323 e. The number of hydrogen-bond acceptors (Lipinski definition) is 4. The van der Waals surface area contributed by atoms with Crippen molar-refractivity contribution in [1.82, 2.24) is 4.72 Å². The summed E-state index contributed by atoms with van der Waals surface area (Å²) in [5, 5.41) is 0. The number of para-hydroxylation sites is 1. The fourth-order valence-corrected chi connectivity index (χ4v) is 4.69. The lowest BCUT2D eigenvalue weighted by atomic mass is 9.83. The van der Waals surface area contributed by atoms with Gasteiger partial charge in [0.2, 0.25) is 10.0 Å². The predicted molar refractivity (Wildman–Crippen MR) is 85.2 cm³/mol. The summed E-state index contributed by atoms with van der Waals surface area (Å²) in [6.45, 7) is 2.04. The van der Waals surface area contributed by atoms with Gasteiger partial charge in [-0.15, -0.1) is 0 Å². The molecule has 21 heavy (non-hydrogen) atoms. The molecule has 0 heterocycles. The van der Waals surface area contributed by atoms with Gasteiger partial charge in [-0.05, 0) is 37.3 Å². The Bertz CT molecular complexity index is 554. The quantitative estimate of drug-likeness (QED) is 0.557. The van der Waals surface area contributed by atoms with Gasteiger partial charge in [-0.1, -0.05) is 38.3 Å². The van der Waals surface area contributed by atoms with Gasteiger partial charge in [-0.2, -0.15) is 0 Å². The van der Waals surface area contributed by atoms with Crippen LogP contribution in [0, 0.1) is 5.92 Å². The molecule has 1 saturated carbocycles. The van der Waals surface area contributed by atoms with Crippen LogP contribution in [-0.4, -0.2) is 14.5 Å². The molecule has 0 amide bonds. The highest BCUT2D eigenvalue weighted by Crippen LogP contribution is 2.29. The highest BCUT2D eigenvalue weighted by molar-refractivity contribution is 7.89. The average molecular weight is 311 g/mol. The molecule has 0 aromatic heterocycles. The molecule has 0 saturated heterocycles. The molecule has 2 rings (SSSR count). The van der Waals surface area contributed by atoms with Crippen LogP contribution >= 0.6 is 0 Å². The van der Waals surface area contributed by atoms with Gasteiger partial charge in [0.25, 0.3) is 0 Å². The molecular formula is C15H25N3O2S. The highest BCUT2D eigenvalue weighted by Gasteiger charge is 2.28. The molecule has 1 atom stereocenters. The second-order valence-electron chi connectivity index (χ2n) is 5.67. The predicted octanol–water partition coefficient (Wildman–Crippen LogP) is 2.61. The van der Waals surface area contributed by atoms with Gasteiger partial charge in [0, 0.05) is 6.04 Å². The van der Waals surface area contributed by atoms with Gasteiger partial charge < -0.3 is 5.43 Å². The minimum absolute atomic E-state index is 0.00105. The van der Waals surface area contributed by atoms with E-state index >= 15 is 0 Å². The maximum absolute atomic E-state index is 12.6. The lowest BCUT2D eigenvalue weighted by Crippen LogP contribution is -2.40. The molecule has 0 aliphatic heterocycles. The van der Waals surface area contributed by atoms with Crippen molar-refractivity contribution in [3.8, 4) is 0 Å². The molecule has 4 N–H and O–H groups in total. The van der Waals surface area contributed by atoms with E-state index in [1.54, 1.807) is 24.3 Å². The Hall–Kier alpha value is -1.11. The van der Waals surface area contributed by atoms with E-state index in [9.17, 15) is 8.42 Å². The number of anilines is 1. The van der Waals surface area contributed by atoms with Crippen LogP contribution in [0.25, 0.3) is 0 Å². The molecule has 0 spiro atoms. The van der Waals surface area contributed by atoms with Crippen molar-refractivity contribution in [3.05, 3.63) is 24.3 Å². The first-order valence-corrected chi connectivity index (χ1v) is 9.14. The van der Waals surface area contributed by atoms with E-state index in [-0.39, 0.29) is 10.9 Å². The van der Waals surface area contributed by atoms with Crippen LogP contribution < -0.4 is 16.0 Å². The molecule has 5 nitrogen and oxygen atoms in total. The third-order valence-corrected chi connectivity index (χ3v) is 5.85. The number of sulfonamides is 1. The third kappa shape index (κ3) is 3.96. The van der Waals surface area contributed by atoms with Crippen LogP contribution in [-0.2, 0) is 10.0 Å². The SMILES string of the molecule is CCC(NS(=O)(=O)c1ccccc1NN)C1CCCCC1. The van der Waals surface area contributed by atoms with E-state index in [0.29, 0.717) is 11.6 Å². The van der Waals surface area contributed by atoms with Crippen LogP contribution in [0.15, 0.2) is 29.2 Å². The lowest BCUT2D eigenvalue weighted by Gasteiger charge is -2.30. The topological polar surface area (TPSA) is 84.2 Å². The summed E-state index contributed by atoms with van der Waals surface area (Å²) in [6.07, 6.45) is 6.69. The lowest BCUT2D eigenvalue weighted by molar-refractivity contribution is 0.285. The van der Waals surface area contributed by atoms with Gasteiger partial charge in [-0.3, -0.25) is 5.84 Å². The van der Waals surface area contributed by atoms with Crippen molar-refractivity contribution in [2.75, 3.05) is 5.43 Å². The molecule has 6 heteroatoms. The zero-order valence-electron chi connectivity index (χ0n) is 12.5. The Morgan fingerprint density at radius 2 is 1.90 bits per heavy atom. The zero-order valence-corrected chi connectivity index (χ0v) is 13.3. The Morgan fingerprint density at radius 3 is 2.52 bits per heavy atom. The first-order chi connectivity index (χ1) is 10.1. The molecule has 1 unspecified atom stereocenters. The number of nitrogens with two attached hydrogens (primary N) is 1. The standard InChI is InChI=1S/C15H25N3O2S/c1-2-13(12-8-4-3-5-9-12)18-21(19,20)15-11-7-6-10-14(15)17-16/h6-7,10-13,17-18H,2-5,8-9,16H2,1H3. The normalized spacial score (nSPS) is 18.4. The summed E-state index contributed by atoms with van der Waals surface area (Å²) in [5.41, 5.74) is 2.87. The van der Waals surface area contributed by atoms with Gasteiger partial charge in [-0.25, -0.2) is 13.1 Å². The van der Waals surface area contributed by atoms with E-state index < -0.39 is 10.0 Å². The molecular weight excluding hydrogens is 286 g/mol. The van der Waals surface area contributed by atoms with Crippen molar-refractivity contribution in [3.63, 3.8) is 0 Å². The minimum atomic E-state index is -3.56. The van der Waals surface area contributed by atoms with E-state index in [1.807, 2.05) is 6.92 Å². The van der Waals surface area contributed by atoms with E-state index in [0.717, 1.165) is 19.3 Å². The maximum Gasteiger partial charge on any atom is 0.242 e. The van der Waals surface area contributed by atoms with E-state index in [2.05, 4.69) is 10.1 Å². The number of nitrogen functional groups attached to an aromatic ring is 1. The van der Waals surface area contributed by atoms with Crippen molar-refractivity contribution >= 4 is 15.7 Å². The smallest absolute Gasteiger partial charge is 0.242 e. The number of hydrazine groups is 1. The van der Waals surface area contributed by atoms with Crippen LogP contribution in [0.3, 0.4) is 0 Å². The van der Waals surface area contributed by atoms with Crippen molar-refractivity contribution < 1.29 is 8.42 Å². The summed E-state index contributed by atoms with van der Waals surface area (Å²) >= 11 is 0. The second kappa shape index (κ2) is 7.24. The zero-order chi connectivity index (χ0) is 15.3. The van der Waals surface area contributed by atoms with Gasteiger partial charge in [0.1, 0.15) is 4.90 Å². The molecule has 118 valence electrons. The van der Waals surface area contributed by atoms with Crippen LogP contribution in [0.5, 0.6) is 0 Å². The Kier molecular flexibility index (Phi) is 5.61. The molecule has 1 fully saturated rings. The Balaban J connectivity index is 2.18. The summed E-state index contributed by atoms with van der Waals surface area (Å²) in [6, 6.07) is 6.70. The average Bonchev–Trinajstić information content (AvgIpc) is 2.53. The fourth-order valence-electron chi connectivity index (χ4n) is 3.13. The molecule has 1 aliphatic carbocycles. The maximum atomic E-state index is 12.6. The summed E-state index contributed by atoms with van der Waals surface area (Å²) < 4.78 is 28.1. The monoisotopic (exact) mass is 311 g/mol. The first-order valence-electron chi connectivity index (χ1n) is 7.66. The van der Waals surface area contributed by atoms with Crippen molar-refractivity contribution in [1.29, 1.82) is 0 Å². The number of rotatable bonds is 6. The fraction of sp³-hybridized carbons (Fsp3) is 0.600. The summed E-state index contributed by atoms with van der Waals surface area (Å²) in [5.74, 6) is 5.85. The molecule has 1 aromatic carbocycles. The molecule has 0 bridgehead atoms. The molecule has 1 aliphatic rings. The number of nitrogens with one attached hydrogen (secondary N) is 2. The van der Waals surface area contributed by atoms with E-state index in [1.165, 1.54) is 19.3 Å². The number of benzene rings is 1.